The number of carbonyl (C=O) groups excluding carboxylic acids is 1. The number of carboxylic acids is 1. The van der Waals surface area contributed by atoms with Gasteiger partial charge in [0.2, 0.25) is 5.91 Å². The largest absolute Gasteiger partial charge is 0.481 e. The summed E-state index contributed by atoms with van der Waals surface area (Å²) in [7, 11) is 0. The molecule has 0 spiro atoms. The molecule has 1 aliphatic heterocycles. The van der Waals surface area contributed by atoms with E-state index in [-0.39, 0.29) is 18.4 Å². The molecule has 1 fully saturated rings. The highest BCUT2D eigenvalue weighted by molar-refractivity contribution is 5.78. The third-order valence-electron chi connectivity index (χ3n) is 4.76. The molecule has 0 aliphatic carbocycles. The zero-order valence-corrected chi connectivity index (χ0v) is 16.4. The number of hydrogen-bond acceptors (Lipinski definition) is 3. The number of amides is 1. The van der Waals surface area contributed by atoms with E-state index in [0.29, 0.717) is 32.2 Å². The Bertz CT molecular complexity index is 759. The van der Waals surface area contributed by atoms with Crippen LogP contribution in [0.25, 0.3) is 0 Å². The number of aliphatic hydroxyl groups is 1. The predicted molar refractivity (Wildman–Crippen MR) is 109 cm³/mol. The monoisotopic (exact) mass is 383 g/mol. The van der Waals surface area contributed by atoms with Gasteiger partial charge in [0.05, 0.1) is 18.7 Å². The number of nitrogens with zero attached hydrogens (tertiary/aromatic N) is 1. The predicted octanol–water partition coefficient (Wildman–Crippen LogP) is 3.09. The molecule has 2 rings (SSSR count). The maximum absolute atomic E-state index is 12.3. The Morgan fingerprint density at radius 3 is 2.96 bits per heavy atom. The molecular weight excluding hydrogens is 354 g/mol. The number of piperidine rings is 1. The van der Waals surface area contributed by atoms with Crippen molar-refractivity contribution in [3.63, 3.8) is 0 Å². The van der Waals surface area contributed by atoms with Crippen molar-refractivity contribution in [3.8, 4) is 11.8 Å². The minimum atomic E-state index is -0.817. The SMILES string of the molecule is Cc1cccc(CC(O)/C=C/[C@H]2CCCC(=O)N2CC#CCCCC(=O)O)c1. The summed E-state index contributed by atoms with van der Waals surface area (Å²) in [6.45, 7) is 2.37. The molecule has 1 saturated heterocycles. The van der Waals surface area contributed by atoms with E-state index in [1.165, 1.54) is 5.56 Å². The summed E-state index contributed by atoms with van der Waals surface area (Å²) in [5, 5.41) is 19.0. The normalized spacial score (nSPS) is 18.0. The van der Waals surface area contributed by atoms with E-state index in [0.717, 1.165) is 18.4 Å². The van der Waals surface area contributed by atoms with E-state index in [9.17, 15) is 14.7 Å². The van der Waals surface area contributed by atoms with Gasteiger partial charge >= 0.3 is 5.97 Å². The van der Waals surface area contributed by atoms with Gasteiger partial charge in [0, 0.05) is 25.7 Å². The third-order valence-corrected chi connectivity index (χ3v) is 4.76. The molecule has 150 valence electrons. The molecule has 1 aliphatic rings. The molecule has 5 heteroatoms. The van der Waals surface area contributed by atoms with Crippen molar-refractivity contribution >= 4 is 11.9 Å². The quantitative estimate of drug-likeness (QED) is 0.411. The average molecular weight is 383 g/mol. The van der Waals surface area contributed by atoms with Gasteiger partial charge in [-0.05, 0) is 31.7 Å². The molecule has 1 unspecified atom stereocenters. The van der Waals surface area contributed by atoms with E-state index < -0.39 is 12.1 Å². The van der Waals surface area contributed by atoms with Crippen LogP contribution in [-0.2, 0) is 16.0 Å². The summed E-state index contributed by atoms with van der Waals surface area (Å²) in [5.41, 5.74) is 2.25. The summed E-state index contributed by atoms with van der Waals surface area (Å²) in [6.07, 6.45) is 7.02. The minimum Gasteiger partial charge on any atom is -0.481 e. The molecule has 1 aromatic rings. The standard InChI is InChI=1S/C23H29NO4/c1-18-8-6-9-19(16-18)17-21(25)14-13-20-10-7-11-22(26)24(20)15-5-3-2-4-12-23(27)28/h6,8-9,13-14,16,20-21,25H,2,4,7,10-12,15,17H2,1H3,(H,27,28)/b14-13+/t20-,21?/m1/s1. The van der Waals surface area contributed by atoms with E-state index in [1.807, 2.05) is 31.2 Å². The fraction of sp³-hybridized carbons (Fsp3) is 0.478. The third kappa shape index (κ3) is 7.58. The number of hydrogen-bond donors (Lipinski definition) is 2. The number of benzene rings is 1. The van der Waals surface area contributed by atoms with Gasteiger partial charge < -0.3 is 15.1 Å². The molecule has 1 heterocycles. The highest BCUT2D eigenvalue weighted by Gasteiger charge is 2.25. The minimum absolute atomic E-state index is 0.0540. The number of aryl methyl sites for hydroxylation is 1. The van der Waals surface area contributed by atoms with E-state index >= 15 is 0 Å². The first kappa shape index (κ1) is 21.7. The van der Waals surface area contributed by atoms with Crippen LogP contribution in [0.1, 0.15) is 49.7 Å². The van der Waals surface area contributed by atoms with Crippen LogP contribution in [0.15, 0.2) is 36.4 Å². The van der Waals surface area contributed by atoms with Gasteiger partial charge in [-0.15, -0.1) is 5.92 Å². The van der Waals surface area contributed by atoms with Crippen molar-refractivity contribution in [3.05, 3.63) is 47.5 Å². The molecule has 28 heavy (non-hydrogen) atoms. The second-order valence-electron chi connectivity index (χ2n) is 7.23. The van der Waals surface area contributed by atoms with Gasteiger partial charge in [-0.3, -0.25) is 9.59 Å². The lowest BCUT2D eigenvalue weighted by Gasteiger charge is -2.32. The van der Waals surface area contributed by atoms with Gasteiger partial charge in [-0.25, -0.2) is 0 Å². The Kier molecular flexibility index (Phi) is 8.77. The Hall–Kier alpha value is -2.58. The molecule has 0 radical (unpaired) electrons. The Labute approximate surface area is 167 Å². The first-order valence-electron chi connectivity index (χ1n) is 9.84. The highest BCUT2D eigenvalue weighted by atomic mass is 16.4. The van der Waals surface area contributed by atoms with Gasteiger partial charge in [0.25, 0.3) is 0 Å². The van der Waals surface area contributed by atoms with Crippen molar-refractivity contribution in [2.24, 2.45) is 0 Å². The summed E-state index contributed by atoms with van der Waals surface area (Å²) in [6, 6.07) is 8.02. The molecule has 5 nitrogen and oxygen atoms in total. The smallest absolute Gasteiger partial charge is 0.303 e. The maximum Gasteiger partial charge on any atom is 0.303 e. The molecular formula is C23H29NO4. The summed E-state index contributed by atoms with van der Waals surface area (Å²) < 4.78 is 0. The van der Waals surface area contributed by atoms with Crippen molar-refractivity contribution < 1.29 is 19.8 Å². The Morgan fingerprint density at radius 1 is 1.39 bits per heavy atom. The van der Waals surface area contributed by atoms with E-state index in [2.05, 4.69) is 17.9 Å². The van der Waals surface area contributed by atoms with Crippen LogP contribution >= 0.6 is 0 Å². The number of aliphatic hydroxyl groups excluding tert-OH is 1. The number of carboxylic acid groups (broad SMARTS) is 1. The van der Waals surface area contributed by atoms with Gasteiger partial charge in [0.1, 0.15) is 0 Å². The molecule has 2 atom stereocenters. The number of unbranched alkanes of at least 4 members (excludes halogenated alkanes) is 1. The highest BCUT2D eigenvalue weighted by Crippen LogP contribution is 2.19. The molecule has 2 N–H and O–H groups in total. The number of carbonyl (C=O) groups is 2. The zero-order valence-electron chi connectivity index (χ0n) is 16.4. The Balaban J connectivity index is 1.89. The second kappa shape index (κ2) is 11.3. The lowest BCUT2D eigenvalue weighted by Crippen LogP contribution is -2.42. The average Bonchev–Trinajstić information content (AvgIpc) is 2.64. The van der Waals surface area contributed by atoms with Crippen LogP contribution in [0.5, 0.6) is 0 Å². The summed E-state index contributed by atoms with van der Waals surface area (Å²) in [5.74, 6) is 5.20. The van der Waals surface area contributed by atoms with Crippen LogP contribution in [0, 0.1) is 18.8 Å². The number of aliphatic carboxylic acids is 1. The first-order valence-corrected chi connectivity index (χ1v) is 9.84. The zero-order chi connectivity index (χ0) is 20.4. The van der Waals surface area contributed by atoms with E-state index in [1.54, 1.807) is 11.0 Å². The first-order chi connectivity index (χ1) is 13.5. The lowest BCUT2D eigenvalue weighted by molar-refractivity contribution is -0.137. The van der Waals surface area contributed by atoms with Crippen LogP contribution < -0.4 is 0 Å². The van der Waals surface area contributed by atoms with E-state index in [4.69, 9.17) is 5.11 Å². The maximum atomic E-state index is 12.3. The molecule has 0 bridgehead atoms. The fourth-order valence-electron chi connectivity index (χ4n) is 3.31. The molecule has 1 aromatic carbocycles. The topological polar surface area (TPSA) is 77.8 Å². The molecule has 1 amide bonds. The Morgan fingerprint density at radius 2 is 2.21 bits per heavy atom. The van der Waals surface area contributed by atoms with Gasteiger partial charge in [0.15, 0.2) is 0 Å². The second-order valence-corrected chi connectivity index (χ2v) is 7.23. The van der Waals surface area contributed by atoms with Crippen molar-refractivity contribution in [2.75, 3.05) is 6.54 Å². The van der Waals surface area contributed by atoms with Crippen LogP contribution in [-0.4, -0.2) is 45.7 Å². The van der Waals surface area contributed by atoms with Crippen molar-refractivity contribution in [1.82, 2.24) is 4.90 Å². The van der Waals surface area contributed by atoms with Crippen LogP contribution in [0.2, 0.25) is 0 Å². The molecule has 0 aromatic heterocycles. The number of likely N-dealkylation sites (tertiary alicyclic amines) is 1. The van der Waals surface area contributed by atoms with Crippen LogP contribution in [0.4, 0.5) is 0 Å². The van der Waals surface area contributed by atoms with Gasteiger partial charge in [-0.1, -0.05) is 47.9 Å². The van der Waals surface area contributed by atoms with Crippen LogP contribution in [0.3, 0.4) is 0 Å². The van der Waals surface area contributed by atoms with Crippen molar-refractivity contribution in [1.29, 1.82) is 0 Å². The summed E-state index contributed by atoms with van der Waals surface area (Å²) >= 11 is 0. The molecule has 0 saturated carbocycles. The van der Waals surface area contributed by atoms with Gasteiger partial charge in [-0.2, -0.15) is 0 Å². The fourth-order valence-corrected chi connectivity index (χ4v) is 3.31. The summed E-state index contributed by atoms with van der Waals surface area (Å²) in [4.78, 5) is 24.5. The lowest BCUT2D eigenvalue weighted by atomic mass is 9.99. The number of rotatable bonds is 8. The van der Waals surface area contributed by atoms with Crippen molar-refractivity contribution in [2.45, 2.75) is 64.0 Å².